The topological polar surface area (TPSA) is 102 Å². The molecule has 0 saturated carbocycles. The van der Waals surface area contributed by atoms with Crippen LogP contribution in [0.25, 0.3) is 0 Å². The second-order valence-corrected chi connectivity index (χ2v) is 5.57. The van der Waals surface area contributed by atoms with Crippen LogP contribution < -0.4 is 10.5 Å². The molecule has 8 heteroatoms. The van der Waals surface area contributed by atoms with Gasteiger partial charge in [0, 0.05) is 18.8 Å². The predicted octanol–water partition coefficient (Wildman–Crippen LogP) is 0.185. The van der Waals surface area contributed by atoms with Crippen molar-refractivity contribution in [2.24, 2.45) is 0 Å². The first kappa shape index (κ1) is 12.7. The first-order chi connectivity index (χ1) is 8.42. The SMILES string of the molecule is COC(=O)NS(=O)(=O)N1Cc2ccc(N)cc2C1. The summed E-state index contributed by atoms with van der Waals surface area (Å²) in [4.78, 5) is 11.0. The maximum atomic E-state index is 11.8. The van der Waals surface area contributed by atoms with E-state index in [0.29, 0.717) is 5.69 Å². The Kier molecular flexibility index (Phi) is 3.14. The summed E-state index contributed by atoms with van der Waals surface area (Å²) in [6.45, 7) is 0.397. The molecular formula is C10H13N3O4S. The van der Waals surface area contributed by atoms with Crippen LogP contribution in [0.1, 0.15) is 11.1 Å². The number of rotatable bonds is 2. The van der Waals surface area contributed by atoms with E-state index in [1.807, 2.05) is 0 Å². The molecule has 7 nitrogen and oxygen atoms in total. The van der Waals surface area contributed by atoms with E-state index in [1.165, 1.54) is 0 Å². The molecule has 1 aromatic carbocycles. The van der Waals surface area contributed by atoms with Gasteiger partial charge in [0.05, 0.1) is 7.11 Å². The molecule has 0 fully saturated rings. The zero-order valence-corrected chi connectivity index (χ0v) is 10.5. The van der Waals surface area contributed by atoms with E-state index < -0.39 is 16.3 Å². The van der Waals surface area contributed by atoms with E-state index >= 15 is 0 Å². The molecule has 0 saturated heterocycles. The van der Waals surface area contributed by atoms with Gasteiger partial charge in [-0.2, -0.15) is 12.7 Å². The lowest BCUT2D eigenvalue weighted by Crippen LogP contribution is -2.40. The van der Waals surface area contributed by atoms with Gasteiger partial charge in [-0.3, -0.25) is 0 Å². The third-order valence-electron chi connectivity index (χ3n) is 2.66. The minimum absolute atomic E-state index is 0.187. The van der Waals surface area contributed by atoms with Gasteiger partial charge < -0.3 is 10.5 Å². The highest BCUT2D eigenvalue weighted by molar-refractivity contribution is 7.87. The molecule has 0 bridgehead atoms. The van der Waals surface area contributed by atoms with Crippen molar-refractivity contribution in [3.63, 3.8) is 0 Å². The third kappa shape index (κ3) is 2.39. The Morgan fingerprint density at radius 3 is 2.72 bits per heavy atom. The zero-order valence-electron chi connectivity index (χ0n) is 9.71. The highest BCUT2D eigenvalue weighted by atomic mass is 32.2. The largest absolute Gasteiger partial charge is 0.452 e. The highest BCUT2D eigenvalue weighted by Crippen LogP contribution is 2.26. The summed E-state index contributed by atoms with van der Waals surface area (Å²) in [6.07, 6.45) is -1.01. The van der Waals surface area contributed by atoms with Gasteiger partial charge in [-0.05, 0) is 23.3 Å². The van der Waals surface area contributed by atoms with Gasteiger partial charge in [-0.1, -0.05) is 6.07 Å². The van der Waals surface area contributed by atoms with E-state index in [4.69, 9.17) is 5.73 Å². The summed E-state index contributed by atoms with van der Waals surface area (Å²) in [5.41, 5.74) is 7.92. The fourth-order valence-electron chi connectivity index (χ4n) is 1.76. The van der Waals surface area contributed by atoms with E-state index in [1.54, 1.807) is 22.9 Å². The van der Waals surface area contributed by atoms with Crippen molar-refractivity contribution >= 4 is 22.0 Å². The number of fused-ring (bicyclic) bond motifs is 1. The average molecular weight is 271 g/mol. The summed E-state index contributed by atoms with van der Waals surface area (Å²) >= 11 is 0. The van der Waals surface area contributed by atoms with Crippen molar-refractivity contribution in [1.29, 1.82) is 0 Å². The number of benzene rings is 1. The van der Waals surface area contributed by atoms with Crippen LogP contribution in [0.5, 0.6) is 0 Å². The number of amides is 1. The molecule has 0 atom stereocenters. The second-order valence-electron chi connectivity index (χ2n) is 3.89. The Morgan fingerprint density at radius 1 is 1.39 bits per heavy atom. The predicted molar refractivity (Wildman–Crippen MR) is 64.6 cm³/mol. The normalized spacial score (nSPS) is 15.2. The summed E-state index contributed by atoms with van der Waals surface area (Å²) in [5, 5.41) is 0. The summed E-state index contributed by atoms with van der Waals surface area (Å²) < 4.78 is 30.9. The molecule has 0 unspecified atom stereocenters. The quantitative estimate of drug-likeness (QED) is 0.747. The Hall–Kier alpha value is -1.80. The van der Waals surface area contributed by atoms with E-state index in [9.17, 15) is 13.2 Å². The van der Waals surface area contributed by atoms with Crippen LogP contribution in [-0.2, 0) is 28.0 Å². The molecule has 98 valence electrons. The molecule has 1 aromatic rings. The molecule has 0 aromatic heterocycles. The molecule has 3 N–H and O–H groups in total. The lowest BCUT2D eigenvalue weighted by Gasteiger charge is -2.15. The fourth-order valence-corrected chi connectivity index (χ4v) is 2.81. The molecule has 0 spiro atoms. The van der Waals surface area contributed by atoms with Crippen LogP contribution in [-0.4, -0.2) is 25.9 Å². The first-order valence-electron chi connectivity index (χ1n) is 5.15. The lowest BCUT2D eigenvalue weighted by molar-refractivity contribution is 0.177. The van der Waals surface area contributed by atoms with Crippen molar-refractivity contribution in [3.8, 4) is 0 Å². The average Bonchev–Trinajstić information content (AvgIpc) is 2.71. The van der Waals surface area contributed by atoms with Gasteiger partial charge in [0.15, 0.2) is 0 Å². The number of hydrogen-bond acceptors (Lipinski definition) is 5. The molecule has 1 aliphatic heterocycles. The van der Waals surface area contributed by atoms with Crippen molar-refractivity contribution in [2.45, 2.75) is 13.1 Å². The molecule has 2 rings (SSSR count). The monoisotopic (exact) mass is 271 g/mol. The minimum Gasteiger partial charge on any atom is -0.452 e. The Balaban J connectivity index is 2.18. The first-order valence-corrected chi connectivity index (χ1v) is 6.59. The van der Waals surface area contributed by atoms with Gasteiger partial charge in [0.1, 0.15) is 0 Å². The van der Waals surface area contributed by atoms with E-state index in [0.717, 1.165) is 22.5 Å². The summed E-state index contributed by atoms with van der Waals surface area (Å²) in [5.74, 6) is 0. The Bertz CT molecular complexity index is 585. The number of nitrogen functional groups attached to an aromatic ring is 1. The number of anilines is 1. The smallest absolute Gasteiger partial charge is 0.421 e. The summed E-state index contributed by atoms with van der Waals surface area (Å²) in [7, 11) is -2.78. The van der Waals surface area contributed by atoms with E-state index in [-0.39, 0.29) is 13.1 Å². The van der Waals surface area contributed by atoms with Crippen LogP contribution in [0, 0.1) is 0 Å². The molecule has 1 aliphatic rings. The number of nitrogens with zero attached hydrogens (tertiary/aromatic N) is 1. The van der Waals surface area contributed by atoms with Crippen molar-refractivity contribution < 1.29 is 17.9 Å². The number of hydrogen-bond donors (Lipinski definition) is 2. The molecule has 1 amide bonds. The van der Waals surface area contributed by atoms with Gasteiger partial charge in [0.2, 0.25) is 0 Å². The van der Waals surface area contributed by atoms with Gasteiger partial charge in [-0.25, -0.2) is 9.52 Å². The number of ether oxygens (including phenoxy) is 1. The Morgan fingerprint density at radius 2 is 2.06 bits per heavy atom. The Labute approximate surface area is 105 Å². The van der Waals surface area contributed by atoms with Crippen molar-refractivity contribution in [1.82, 2.24) is 9.03 Å². The zero-order chi connectivity index (χ0) is 13.3. The number of nitrogens with one attached hydrogen (secondary N) is 1. The third-order valence-corrected chi connectivity index (χ3v) is 4.02. The standard InChI is InChI=1S/C10H13N3O4S/c1-17-10(14)12-18(15,16)13-5-7-2-3-9(11)4-8(7)6-13/h2-4H,5-6,11H2,1H3,(H,12,14). The van der Waals surface area contributed by atoms with Crippen molar-refractivity contribution in [2.75, 3.05) is 12.8 Å². The van der Waals surface area contributed by atoms with Gasteiger partial charge >= 0.3 is 16.3 Å². The number of carbonyl (C=O) groups excluding carboxylic acids is 1. The highest BCUT2D eigenvalue weighted by Gasteiger charge is 2.30. The van der Waals surface area contributed by atoms with Crippen molar-refractivity contribution in [3.05, 3.63) is 29.3 Å². The number of methoxy groups -OCH3 is 1. The van der Waals surface area contributed by atoms with Gasteiger partial charge in [-0.15, -0.1) is 0 Å². The maximum Gasteiger partial charge on any atom is 0.421 e. The van der Waals surface area contributed by atoms with Crippen LogP contribution in [0.3, 0.4) is 0 Å². The van der Waals surface area contributed by atoms with Crippen LogP contribution in [0.15, 0.2) is 18.2 Å². The minimum atomic E-state index is -3.88. The lowest BCUT2D eigenvalue weighted by atomic mass is 10.1. The molecular weight excluding hydrogens is 258 g/mol. The number of nitrogens with two attached hydrogens (primary N) is 1. The van der Waals surface area contributed by atoms with Crippen LogP contribution in [0.2, 0.25) is 0 Å². The molecule has 1 heterocycles. The van der Waals surface area contributed by atoms with E-state index in [2.05, 4.69) is 4.74 Å². The second kappa shape index (κ2) is 4.46. The van der Waals surface area contributed by atoms with Crippen LogP contribution >= 0.6 is 0 Å². The number of carbonyl (C=O) groups is 1. The van der Waals surface area contributed by atoms with Crippen LogP contribution in [0.4, 0.5) is 10.5 Å². The molecule has 0 aliphatic carbocycles. The summed E-state index contributed by atoms with van der Waals surface area (Å²) in [6, 6.07) is 5.21. The van der Waals surface area contributed by atoms with Gasteiger partial charge in [0.25, 0.3) is 0 Å². The molecule has 0 radical (unpaired) electrons. The maximum absolute atomic E-state index is 11.8. The fraction of sp³-hybridized carbons (Fsp3) is 0.300. The molecule has 18 heavy (non-hydrogen) atoms.